The Morgan fingerprint density at radius 3 is 0.887 bits per heavy atom. The van der Waals surface area contributed by atoms with Crippen molar-refractivity contribution in [2.75, 3.05) is 67.6 Å². The molecule has 0 spiro atoms. The van der Waals surface area contributed by atoms with Gasteiger partial charge in [-0.1, -0.05) is 232 Å². The molecule has 0 aromatic rings. The molecule has 0 aliphatic heterocycles. The molecule has 0 saturated carbocycles. The van der Waals surface area contributed by atoms with Gasteiger partial charge >= 0.3 is 18.0 Å². The Morgan fingerprint density at radius 2 is 0.592 bits per heavy atom. The van der Waals surface area contributed by atoms with Crippen molar-refractivity contribution in [3.63, 3.8) is 0 Å². The number of carbonyl (C=O) groups excluding carboxylic acids is 3. The van der Waals surface area contributed by atoms with E-state index in [1.807, 2.05) is 4.90 Å². The predicted molar refractivity (Wildman–Crippen MR) is 305 cm³/mol. The van der Waals surface area contributed by atoms with Gasteiger partial charge in [0.1, 0.15) is 6.10 Å². The third kappa shape index (κ3) is 54.2. The fraction of sp³-hybridized carbons (Fsp3) is 0.952. The molecule has 0 saturated heterocycles. The summed E-state index contributed by atoms with van der Waals surface area (Å²) in [5.41, 5.74) is 0. The van der Waals surface area contributed by atoms with E-state index in [0.29, 0.717) is 39.1 Å². The van der Waals surface area contributed by atoms with Crippen LogP contribution in [0.1, 0.15) is 309 Å². The quantitative estimate of drug-likeness (QED) is 0.0338. The monoisotopic (exact) mass is 1010 g/mol. The Labute approximate surface area is 442 Å². The van der Waals surface area contributed by atoms with E-state index in [9.17, 15) is 14.4 Å². The third-order valence-corrected chi connectivity index (χ3v) is 14.4. The van der Waals surface area contributed by atoms with Crippen molar-refractivity contribution in [2.45, 2.75) is 315 Å². The van der Waals surface area contributed by atoms with Gasteiger partial charge in [-0.2, -0.15) is 0 Å². The maximum atomic E-state index is 13.6. The van der Waals surface area contributed by atoms with Gasteiger partial charge in [-0.05, 0) is 105 Å². The Kier molecular flexibility index (Phi) is 54.4. The van der Waals surface area contributed by atoms with Crippen LogP contribution in [0.3, 0.4) is 0 Å². The highest BCUT2D eigenvalue weighted by Crippen LogP contribution is 2.19. The molecular weight excluding hydrogens is 883 g/mol. The number of unbranched alkanes of at least 4 members (excludes halogenated alkanes) is 36. The molecule has 0 bridgehead atoms. The SMILES string of the molecule is CCCCCCCCCCCCCCCCCCC(=O)OCCCCCCC(CCCCCCOC(=O)CCCCCCCCCCCCCCCCCC)OC(=O)N(CCCN(C)C)CCCN(C)C. The summed E-state index contributed by atoms with van der Waals surface area (Å²) < 4.78 is 17.4. The first-order valence-electron chi connectivity index (χ1n) is 31.3. The molecule has 0 heterocycles. The molecule has 0 unspecified atom stereocenters. The van der Waals surface area contributed by atoms with E-state index in [4.69, 9.17) is 14.2 Å². The van der Waals surface area contributed by atoms with Gasteiger partial charge in [0, 0.05) is 25.9 Å². The van der Waals surface area contributed by atoms with Gasteiger partial charge in [0.25, 0.3) is 0 Å². The van der Waals surface area contributed by atoms with E-state index in [2.05, 4.69) is 51.8 Å². The lowest BCUT2D eigenvalue weighted by Crippen LogP contribution is -2.37. The highest BCUT2D eigenvalue weighted by atomic mass is 16.6. The van der Waals surface area contributed by atoms with E-state index in [-0.39, 0.29) is 24.1 Å². The molecule has 0 aliphatic rings. The minimum absolute atomic E-state index is 0.0493. The van der Waals surface area contributed by atoms with E-state index >= 15 is 0 Å². The van der Waals surface area contributed by atoms with Crippen molar-refractivity contribution < 1.29 is 28.6 Å². The second-order valence-electron chi connectivity index (χ2n) is 22.3. The first-order chi connectivity index (χ1) is 34.7. The molecule has 0 N–H and O–H groups in total. The Morgan fingerprint density at radius 1 is 0.324 bits per heavy atom. The number of nitrogens with zero attached hydrogens (tertiary/aromatic N) is 3. The van der Waals surface area contributed by atoms with Crippen LogP contribution in [0.15, 0.2) is 0 Å². The number of carbonyl (C=O) groups is 3. The summed E-state index contributed by atoms with van der Waals surface area (Å²) in [7, 11) is 8.29. The van der Waals surface area contributed by atoms with Gasteiger partial charge in [0.2, 0.25) is 0 Å². The van der Waals surface area contributed by atoms with Crippen molar-refractivity contribution in [3.05, 3.63) is 0 Å². The standard InChI is InChI=1S/C62H123N3O6/c1-7-9-11-13-15-17-19-21-23-25-27-29-31-33-35-43-51-60(66)69-57-45-39-37-41-49-59(71-62(68)65(55-47-53-63(3)4)56-48-54-64(5)6)50-42-38-40-46-58-70-61(67)52-44-36-34-32-30-28-26-24-22-20-18-16-14-12-10-8-2/h59H,7-58H2,1-6H3. The number of esters is 2. The van der Waals surface area contributed by atoms with Crippen molar-refractivity contribution in [1.29, 1.82) is 0 Å². The lowest BCUT2D eigenvalue weighted by Gasteiger charge is -2.27. The predicted octanol–water partition coefficient (Wildman–Crippen LogP) is 18.0. The second-order valence-corrected chi connectivity index (χ2v) is 22.3. The van der Waals surface area contributed by atoms with Crippen LogP contribution in [-0.2, 0) is 23.8 Å². The van der Waals surface area contributed by atoms with Gasteiger partial charge in [0.05, 0.1) is 13.2 Å². The largest absolute Gasteiger partial charge is 0.466 e. The molecular formula is C62H123N3O6. The maximum absolute atomic E-state index is 13.6. The fourth-order valence-corrected chi connectivity index (χ4v) is 9.74. The fourth-order valence-electron chi connectivity index (χ4n) is 9.74. The molecule has 0 aromatic heterocycles. The highest BCUT2D eigenvalue weighted by molar-refractivity contribution is 5.69. The van der Waals surface area contributed by atoms with Crippen LogP contribution in [0.2, 0.25) is 0 Å². The maximum Gasteiger partial charge on any atom is 0.410 e. The van der Waals surface area contributed by atoms with E-state index < -0.39 is 0 Å². The molecule has 0 aromatic carbocycles. The van der Waals surface area contributed by atoms with Crippen LogP contribution in [0, 0.1) is 0 Å². The summed E-state index contributed by atoms with van der Waals surface area (Å²) in [5.74, 6) is -0.0985. The van der Waals surface area contributed by atoms with Crippen molar-refractivity contribution in [2.24, 2.45) is 0 Å². The Hall–Kier alpha value is -1.87. The van der Waals surface area contributed by atoms with Gasteiger partial charge in [-0.3, -0.25) is 9.59 Å². The van der Waals surface area contributed by atoms with Crippen molar-refractivity contribution in [3.8, 4) is 0 Å². The first-order valence-corrected chi connectivity index (χ1v) is 31.3. The zero-order chi connectivity index (χ0) is 51.9. The lowest BCUT2D eigenvalue weighted by molar-refractivity contribution is -0.144. The summed E-state index contributed by atoms with van der Waals surface area (Å²) >= 11 is 0. The summed E-state index contributed by atoms with van der Waals surface area (Å²) in [4.78, 5) is 44.6. The topological polar surface area (TPSA) is 88.6 Å². The van der Waals surface area contributed by atoms with E-state index in [1.54, 1.807) is 0 Å². The Bertz CT molecular complexity index is 1040. The van der Waals surface area contributed by atoms with E-state index in [0.717, 1.165) is 116 Å². The zero-order valence-corrected chi connectivity index (χ0v) is 48.6. The summed E-state index contributed by atoms with van der Waals surface area (Å²) in [5, 5.41) is 0. The number of amides is 1. The smallest absolute Gasteiger partial charge is 0.410 e. The van der Waals surface area contributed by atoms with Crippen LogP contribution in [0.25, 0.3) is 0 Å². The molecule has 1 amide bonds. The molecule has 0 fully saturated rings. The highest BCUT2D eigenvalue weighted by Gasteiger charge is 2.20. The zero-order valence-electron chi connectivity index (χ0n) is 48.6. The number of rotatable bonds is 57. The minimum Gasteiger partial charge on any atom is -0.466 e. The van der Waals surface area contributed by atoms with Gasteiger partial charge in [-0.15, -0.1) is 0 Å². The molecule has 9 heteroatoms. The van der Waals surface area contributed by atoms with Gasteiger partial charge in [0.15, 0.2) is 0 Å². The molecule has 0 radical (unpaired) electrons. The Balaban J connectivity index is 4.35. The van der Waals surface area contributed by atoms with Gasteiger partial charge in [-0.25, -0.2) is 4.79 Å². The molecule has 0 rings (SSSR count). The summed E-state index contributed by atoms with van der Waals surface area (Å²) in [6, 6.07) is 0. The lowest BCUT2D eigenvalue weighted by atomic mass is 10.0. The third-order valence-electron chi connectivity index (χ3n) is 14.4. The minimum atomic E-state index is -0.181. The van der Waals surface area contributed by atoms with Crippen LogP contribution in [-0.4, -0.2) is 106 Å². The van der Waals surface area contributed by atoms with Crippen LogP contribution >= 0.6 is 0 Å². The van der Waals surface area contributed by atoms with E-state index in [1.165, 1.54) is 180 Å². The van der Waals surface area contributed by atoms with Crippen molar-refractivity contribution in [1.82, 2.24) is 14.7 Å². The number of ether oxygens (including phenoxy) is 3. The van der Waals surface area contributed by atoms with Crippen LogP contribution in [0.4, 0.5) is 4.79 Å². The molecule has 71 heavy (non-hydrogen) atoms. The van der Waals surface area contributed by atoms with Gasteiger partial charge < -0.3 is 28.9 Å². The van der Waals surface area contributed by atoms with Crippen molar-refractivity contribution >= 4 is 18.0 Å². The second kappa shape index (κ2) is 55.9. The summed E-state index contributed by atoms with van der Waals surface area (Å²) in [6.45, 7) is 8.84. The number of hydrogen-bond donors (Lipinski definition) is 0. The molecule has 9 nitrogen and oxygen atoms in total. The van der Waals surface area contributed by atoms with Crippen LogP contribution in [0.5, 0.6) is 0 Å². The average Bonchev–Trinajstić information content (AvgIpc) is 3.34. The molecule has 0 aliphatic carbocycles. The van der Waals surface area contributed by atoms with Crippen LogP contribution < -0.4 is 0 Å². The number of hydrogen-bond acceptors (Lipinski definition) is 8. The first kappa shape index (κ1) is 69.1. The molecule has 422 valence electrons. The summed E-state index contributed by atoms with van der Waals surface area (Å²) in [6.07, 6.45) is 54.7. The average molecular weight is 1010 g/mol. The molecule has 0 atom stereocenters. The normalized spacial score (nSPS) is 11.6.